The molecule has 1 aromatic rings. The lowest BCUT2D eigenvalue weighted by molar-refractivity contribution is -0.130. The Morgan fingerprint density at radius 1 is 0.946 bits per heavy atom. The molecule has 0 heterocycles. The zero-order valence-corrected chi connectivity index (χ0v) is 23.8. The average molecular weight is 539 g/mol. The van der Waals surface area contributed by atoms with Crippen LogP contribution in [-0.4, -0.2) is 50.1 Å². The Hall–Kier alpha value is -2.92. The van der Waals surface area contributed by atoms with E-state index >= 15 is 0 Å². The number of ether oxygens (including phenoxy) is 1. The minimum Gasteiger partial charge on any atom is -0.443 e. The van der Waals surface area contributed by atoms with Crippen LogP contribution in [0.5, 0.6) is 0 Å². The summed E-state index contributed by atoms with van der Waals surface area (Å²) in [6, 6.07) is 5.72. The number of hydrazine groups is 1. The van der Waals surface area contributed by atoms with E-state index in [-0.39, 0.29) is 16.7 Å². The van der Waals surface area contributed by atoms with Gasteiger partial charge in [0.2, 0.25) is 11.8 Å². The number of carbonyl (C=O) groups excluding carboxylic acids is 3. The van der Waals surface area contributed by atoms with Gasteiger partial charge in [-0.25, -0.2) is 18.6 Å². The first-order chi connectivity index (χ1) is 17.0. The molecule has 0 spiro atoms. The van der Waals surface area contributed by atoms with E-state index in [4.69, 9.17) is 4.74 Å². The second-order valence-electron chi connectivity index (χ2n) is 10.7. The van der Waals surface area contributed by atoms with Crippen molar-refractivity contribution in [2.24, 2.45) is 11.8 Å². The quantitative estimate of drug-likeness (QED) is 0.300. The molecular weight excluding hydrogens is 496 g/mol. The molecule has 1 aromatic carbocycles. The summed E-state index contributed by atoms with van der Waals surface area (Å²) in [4.78, 5) is 37.8. The van der Waals surface area contributed by atoms with Crippen LogP contribution in [0.2, 0.25) is 0 Å². The maximum atomic E-state index is 12.9. The minimum atomic E-state index is -3.67. The Kier molecular flexibility index (Phi) is 12.3. The number of nitrogens with one attached hydrogen (secondary N) is 4. The van der Waals surface area contributed by atoms with Crippen molar-refractivity contribution in [2.45, 2.75) is 90.4 Å². The first-order valence-electron chi connectivity index (χ1n) is 12.4. The van der Waals surface area contributed by atoms with Gasteiger partial charge in [-0.3, -0.25) is 15.0 Å². The molecule has 10 nitrogen and oxygen atoms in total. The Bertz CT molecular complexity index is 1030. The normalized spacial score (nSPS) is 14.8. The van der Waals surface area contributed by atoms with Gasteiger partial charge in [0.1, 0.15) is 17.7 Å². The minimum absolute atomic E-state index is 0.161. The van der Waals surface area contributed by atoms with Crippen LogP contribution in [0.15, 0.2) is 46.7 Å². The zero-order valence-electron chi connectivity index (χ0n) is 23.0. The highest BCUT2D eigenvalue weighted by Crippen LogP contribution is 2.14. The Morgan fingerprint density at radius 2 is 1.54 bits per heavy atom. The number of amides is 3. The molecular formula is C26H42N4O6S. The fourth-order valence-corrected chi connectivity index (χ4v) is 4.32. The average Bonchev–Trinajstić information content (AvgIpc) is 2.76. The van der Waals surface area contributed by atoms with Gasteiger partial charge in [-0.2, -0.15) is 0 Å². The van der Waals surface area contributed by atoms with E-state index in [9.17, 15) is 22.8 Å². The summed E-state index contributed by atoms with van der Waals surface area (Å²) in [5.41, 5.74) is 4.32. The Balaban J connectivity index is 2.84. The monoisotopic (exact) mass is 538 g/mol. The molecule has 0 aliphatic rings. The van der Waals surface area contributed by atoms with Crippen molar-refractivity contribution in [3.63, 3.8) is 0 Å². The third kappa shape index (κ3) is 12.2. The van der Waals surface area contributed by atoms with Crippen molar-refractivity contribution < 1.29 is 27.5 Å². The molecule has 3 amide bonds. The molecule has 37 heavy (non-hydrogen) atoms. The predicted octanol–water partition coefficient (Wildman–Crippen LogP) is 3.06. The summed E-state index contributed by atoms with van der Waals surface area (Å²) in [7, 11) is -3.67. The standard InChI is InChI=1S/C26H42N4O6S/c1-17(2)16-20(14-15-37(34,35)21-12-10-9-11-13-21)28-23(31)19(5)27-24(32)22(18(3)4)29-30-25(33)36-26(6,7)8/h9-15,17-20,22,29H,16H2,1-8H3,(H,27,32)(H,28,31)(H,30,33)/b15-14+/t19-,20+,22-/m0/s1. The molecule has 0 saturated heterocycles. The Labute approximate surface area is 220 Å². The molecule has 0 bridgehead atoms. The van der Waals surface area contributed by atoms with Gasteiger partial charge >= 0.3 is 6.09 Å². The number of rotatable bonds is 12. The fourth-order valence-electron chi connectivity index (χ4n) is 3.23. The predicted molar refractivity (Wildman–Crippen MR) is 143 cm³/mol. The second kappa shape index (κ2) is 14.1. The zero-order chi connectivity index (χ0) is 28.4. The van der Waals surface area contributed by atoms with Crippen LogP contribution in [0, 0.1) is 11.8 Å². The van der Waals surface area contributed by atoms with E-state index in [0.717, 1.165) is 5.41 Å². The second-order valence-corrected chi connectivity index (χ2v) is 12.5. The summed E-state index contributed by atoms with van der Waals surface area (Å²) in [6.45, 7) is 14.2. The van der Waals surface area contributed by atoms with Gasteiger partial charge in [0.05, 0.1) is 4.90 Å². The Morgan fingerprint density at radius 3 is 2.05 bits per heavy atom. The van der Waals surface area contributed by atoms with Gasteiger partial charge in [-0.1, -0.05) is 52.0 Å². The van der Waals surface area contributed by atoms with E-state index < -0.39 is 51.5 Å². The first-order valence-corrected chi connectivity index (χ1v) is 13.9. The smallest absolute Gasteiger partial charge is 0.422 e. The molecule has 0 aromatic heterocycles. The van der Waals surface area contributed by atoms with Crippen LogP contribution in [-0.2, 0) is 24.2 Å². The topological polar surface area (TPSA) is 143 Å². The maximum Gasteiger partial charge on any atom is 0.422 e. The molecule has 0 saturated carbocycles. The lowest BCUT2D eigenvalue weighted by Crippen LogP contribution is -2.58. The van der Waals surface area contributed by atoms with Crippen molar-refractivity contribution >= 4 is 27.7 Å². The van der Waals surface area contributed by atoms with E-state index in [1.165, 1.54) is 25.1 Å². The molecule has 0 aliphatic heterocycles. The molecule has 3 atom stereocenters. The van der Waals surface area contributed by atoms with Crippen molar-refractivity contribution in [1.29, 1.82) is 0 Å². The van der Waals surface area contributed by atoms with Crippen LogP contribution >= 0.6 is 0 Å². The van der Waals surface area contributed by atoms with Gasteiger partial charge in [0, 0.05) is 11.4 Å². The molecule has 0 radical (unpaired) electrons. The van der Waals surface area contributed by atoms with Gasteiger partial charge in [-0.05, 0) is 58.1 Å². The third-order valence-electron chi connectivity index (χ3n) is 5.04. The number of hydrogen-bond donors (Lipinski definition) is 4. The summed E-state index contributed by atoms with van der Waals surface area (Å²) in [6.07, 6.45) is 1.23. The molecule has 11 heteroatoms. The van der Waals surface area contributed by atoms with Crippen molar-refractivity contribution in [3.05, 3.63) is 41.8 Å². The highest BCUT2D eigenvalue weighted by atomic mass is 32.2. The van der Waals surface area contributed by atoms with Crippen LogP contribution in [0.1, 0.15) is 61.8 Å². The third-order valence-corrected chi connectivity index (χ3v) is 6.49. The van der Waals surface area contributed by atoms with Crippen LogP contribution in [0.4, 0.5) is 4.79 Å². The summed E-state index contributed by atoms with van der Waals surface area (Å²) >= 11 is 0. The van der Waals surface area contributed by atoms with Crippen LogP contribution in [0.3, 0.4) is 0 Å². The molecule has 208 valence electrons. The number of carbonyl (C=O) groups is 3. The highest BCUT2D eigenvalue weighted by Gasteiger charge is 2.27. The number of benzene rings is 1. The summed E-state index contributed by atoms with van der Waals surface area (Å²) < 4.78 is 30.4. The van der Waals surface area contributed by atoms with E-state index in [2.05, 4.69) is 21.5 Å². The lowest BCUT2D eigenvalue weighted by Gasteiger charge is -2.26. The van der Waals surface area contributed by atoms with Crippen molar-refractivity contribution in [1.82, 2.24) is 21.5 Å². The molecule has 0 unspecified atom stereocenters. The summed E-state index contributed by atoms with van der Waals surface area (Å²) in [5, 5.41) is 6.55. The van der Waals surface area contributed by atoms with Gasteiger partial charge in [0.25, 0.3) is 0 Å². The number of sulfone groups is 1. The van der Waals surface area contributed by atoms with Gasteiger partial charge < -0.3 is 15.4 Å². The summed E-state index contributed by atoms with van der Waals surface area (Å²) in [5.74, 6) is -1.00. The van der Waals surface area contributed by atoms with Crippen molar-refractivity contribution in [3.8, 4) is 0 Å². The van der Waals surface area contributed by atoms with Crippen molar-refractivity contribution in [2.75, 3.05) is 0 Å². The van der Waals surface area contributed by atoms with Crippen LogP contribution in [0.25, 0.3) is 0 Å². The largest absolute Gasteiger partial charge is 0.443 e. The van der Waals surface area contributed by atoms with Gasteiger partial charge in [0.15, 0.2) is 9.84 Å². The van der Waals surface area contributed by atoms with Crippen LogP contribution < -0.4 is 21.5 Å². The van der Waals surface area contributed by atoms with Gasteiger partial charge in [-0.15, -0.1) is 0 Å². The SMILES string of the molecule is CC(C)C[C@@H](/C=C/S(=O)(=O)c1ccccc1)NC(=O)[C@H](C)NC(=O)[C@@H](NNC(=O)OC(C)(C)C)C(C)C. The van der Waals surface area contributed by atoms with E-state index in [0.29, 0.717) is 6.42 Å². The first kappa shape index (κ1) is 32.1. The molecule has 4 N–H and O–H groups in total. The highest BCUT2D eigenvalue weighted by molar-refractivity contribution is 7.94. The molecule has 0 fully saturated rings. The number of hydrogen-bond acceptors (Lipinski definition) is 7. The molecule has 0 aliphatic carbocycles. The lowest BCUT2D eigenvalue weighted by atomic mass is 10.0. The molecule has 1 rings (SSSR count). The van der Waals surface area contributed by atoms with E-state index in [1.807, 2.05) is 13.8 Å². The van der Waals surface area contributed by atoms with E-state index in [1.54, 1.807) is 52.8 Å². The fraction of sp³-hybridized carbons (Fsp3) is 0.577. The maximum absolute atomic E-state index is 12.9.